The van der Waals surface area contributed by atoms with E-state index in [0.29, 0.717) is 19.4 Å². The zero-order valence-electron chi connectivity index (χ0n) is 27.5. The highest BCUT2D eigenvalue weighted by Crippen LogP contribution is 2.59. The number of nitrogens with one attached hydrogen (secondary N) is 2. The van der Waals surface area contributed by atoms with Crippen molar-refractivity contribution >= 4 is 41.4 Å². The van der Waals surface area contributed by atoms with Crippen LogP contribution in [0, 0.1) is 11.3 Å². The minimum atomic E-state index is -1.07. The zero-order valence-corrected chi connectivity index (χ0v) is 28.3. The quantitative estimate of drug-likeness (QED) is 0.150. The van der Waals surface area contributed by atoms with E-state index >= 15 is 0 Å². The van der Waals surface area contributed by atoms with E-state index in [4.69, 9.17) is 28.4 Å². The maximum atomic E-state index is 12.7. The molecule has 2 saturated heterocycles. The fourth-order valence-electron chi connectivity index (χ4n) is 5.66. The summed E-state index contributed by atoms with van der Waals surface area (Å²) in [5, 5.41) is 4.70. The number of Topliss-reactive ketones (excluding diaryl/α,β-unsaturated/α-hetero) is 1. The molecule has 1 saturated carbocycles. The SMILES string of the molecule is COC(=O)[C@H](CSCC(=O)NC(=O)O[C@@H]1CC[C@]2(CO2)[C@@H](C2(C)O[C@@H]2CC=C(C)C)[C@@H]1OC)NC(=O)COCC(=O)C(C)(C)C. The first-order valence-corrected chi connectivity index (χ1v) is 16.3. The monoisotopic (exact) mass is 656 g/mol. The van der Waals surface area contributed by atoms with E-state index in [0.717, 1.165) is 18.2 Å². The predicted octanol–water partition coefficient (Wildman–Crippen LogP) is 2.34. The van der Waals surface area contributed by atoms with Crippen LogP contribution in [0.2, 0.25) is 0 Å². The fourth-order valence-corrected chi connectivity index (χ4v) is 6.49. The molecule has 3 aliphatic rings. The lowest BCUT2D eigenvalue weighted by atomic mass is 9.68. The van der Waals surface area contributed by atoms with Crippen LogP contribution in [0.4, 0.5) is 4.79 Å². The molecule has 45 heavy (non-hydrogen) atoms. The molecule has 0 aromatic heterocycles. The van der Waals surface area contributed by atoms with Gasteiger partial charge < -0.3 is 33.7 Å². The number of hydrogen-bond acceptors (Lipinski definition) is 12. The van der Waals surface area contributed by atoms with Gasteiger partial charge in [-0.25, -0.2) is 9.59 Å². The molecule has 7 atom stereocenters. The summed E-state index contributed by atoms with van der Waals surface area (Å²) in [7, 11) is 2.74. The van der Waals surface area contributed by atoms with E-state index in [1.807, 2.05) is 20.8 Å². The molecule has 3 rings (SSSR count). The molecule has 254 valence electrons. The summed E-state index contributed by atoms with van der Waals surface area (Å²) in [6, 6.07) is -1.07. The Balaban J connectivity index is 1.47. The number of methoxy groups -OCH3 is 2. The maximum absolute atomic E-state index is 12.7. The lowest BCUT2D eigenvalue weighted by Gasteiger charge is -2.42. The van der Waals surface area contributed by atoms with Crippen molar-refractivity contribution < 1.29 is 52.4 Å². The molecular weight excluding hydrogens is 608 g/mol. The normalized spacial score (nSPS) is 29.2. The van der Waals surface area contributed by atoms with Gasteiger partial charge >= 0.3 is 12.1 Å². The summed E-state index contributed by atoms with van der Waals surface area (Å²) < 4.78 is 33.6. The molecule has 3 fully saturated rings. The molecule has 0 bridgehead atoms. The highest BCUT2D eigenvalue weighted by Gasteiger charge is 2.72. The Morgan fingerprint density at radius 1 is 1.09 bits per heavy atom. The van der Waals surface area contributed by atoms with Gasteiger partial charge in [-0.1, -0.05) is 32.4 Å². The van der Waals surface area contributed by atoms with Crippen LogP contribution >= 0.6 is 11.8 Å². The number of thioether (sulfide) groups is 1. The number of rotatable bonds is 15. The number of ketones is 1. The van der Waals surface area contributed by atoms with Crippen LogP contribution in [0.5, 0.6) is 0 Å². The van der Waals surface area contributed by atoms with Crippen LogP contribution in [0.3, 0.4) is 0 Å². The van der Waals surface area contributed by atoms with Crippen LogP contribution in [-0.2, 0) is 47.6 Å². The smallest absolute Gasteiger partial charge is 0.414 e. The van der Waals surface area contributed by atoms with Gasteiger partial charge in [0.2, 0.25) is 11.8 Å². The molecular formula is C31H48N2O11S. The van der Waals surface area contributed by atoms with Gasteiger partial charge in [-0.3, -0.25) is 19.7 Å². The molecule has 2 N–H and O–H groups in total. The topological polar surface area (TPSA) is 171 Å². The van der Waals surface area contributed by atoms with Crippen molar-refractivity contribution in [3.05, 3.63) is 11.6 Å². The van der Waals surface area contributed by atoms with Crippen LogP contribution < -0.4 is 10.6 Å². The molecule has 1 unspecified atom stereocenters. The van der Waals surface area contributed by atoms with E-state index in [9.17, 15) is 24.0 Å². The summed E-state index contributed by atoms with van der Waals surface area (Å²) in [6.45, 7) is 11.3. The molecule has 3 amide bonds. The van der Waals surface area contributed by atoms with E-state index in [-0.39, 0.29) is 41.5 Å². The minimum absolute atomic E-state index is 0.00565. The maximum Gasteiger partial charge on any atom is 0.414 e. The first kappa shape index (κ1) is 36.9. The molecule has 1 aliphatic carbocycles. The number of allylic oxidation sites excluding steroid dienone is 1. The number of ether oxygens (including phenoxy) is 6. The van der Waals surface area contributed by atoms with E-state index in [2.05, 4.69) is 16.7 Å². The van der Waals surface area contributed by atoms with Crippen molar-refractivity contribution in [2.45, 2.75) is 96.4 Å². The van der Waals surface area contributed by atoms with Crippen molar-refractivity contribution in [2.24, 2.45) is 11.3 Å². The Morgan fingerprint density at radius 2 is 1.78 bits per heavy atom. The van der Waals surface area contributed by atoms with E-state index in [1.165, 1.54) is 12.7 Å². The number of hydrogen-bond donors (Lipinski definition) is 2. The summed E-state index contributed by atoms with van der Waals surface area (Å²) in [6.07, 6.45) is 2.10. The second kappa shape index (κ2) is 15.4. The Kier molecular flexibility index (Phi) is 12.6. The number of carbonyl (C=O) groups excluding carboxylic acids is 5. The number of esters is 1. The predicted molar refractivity (Wildman–Crippen MR) is 164 cm³/mol. The third-order valence-corrected chi connectivity index (χ3v) is 9.41. The number of alkyl carbamates (subject to hydrolysis) is 1. The second-order valence-electron chi connectivity index (χ2n) is 13.2. The van der Waals surface area contributed by atoms with Crippen molar-refractivity contribution in [3.63, 3.8) is 0 Å². The van der Waals surface area contributed by atoms with Crippen LogP contribution in [-0.4, -0.2) is 111 Å². The van der Waals surface area contributed by atoms with Gasteiger partial charge in [-0.2, -0.15) is 0 Å². The molecule has 1 spiro atoms. The van der Waals surface area contributed by atoms with E-state index < -0.39 is 59.7 Å². The first-order chi connectivity index (χ1) is 21.1. The Hall–Kier alpha value is -2.52. The first-order valence-electron chi connectivity index (χ1n) is 15.1. The summed E-state index contributed by atoms with van der Waals surface area (Å²) in [5.74, 6) is -2.49. The largest absolute Gasteiger partial charge is 0.467 e. The van der Waals surface area contributed by atoms with Crippen LogP contribution in [0.15, 0.2) is 11.6 Å². The van der Waals surface area contributed by atoms with Gasteiger partial charge in [0.25, 0.3) is 0 Å². The Bertz CT molecular complexity index is 1140. The molecule has 14 heteroatoms. The van der Waals surface area contributed by atoms with Gasteiger partial charge in [0.1, 0.15) is 42.7 Å². The zero-order chi connectivity index (χ0) is 33.6. The average molecular weight is 657 g/mol. The van der Waals surface area contributed by atoms with Crippen molar-refractivity contribution in [3.8, 4) is 0 Å². The molecule has 2 aliphatic heterocycles. The highest BCUT2D eigenvalue weighted by atomic mass is 32.2. The summed E-state index contributed by atoms with van der Waals surface area (Å²) in [4.78, 5) is 61.7. The fraction of sp³-hybridized carbons (Fsp3) is 0.774. The van der Waals surface area contributed by atoms with Crippen molar-refractivity contribution in [1.82, 2.24) is 10.6 Å². The minimum Gasteiger partial charge on any atom is -0.467 e. The molecule has 2 heterocycles. The number of amides is 3. The number of carbonyl (C=O) groups is 5. The number of imide groups is 1. The summed E-state index contributed by atoms with van der Waals surface area (Å²) >= 11 is 1.01. The standard InChI is InChI=1S/C31H48N2O11S/c1-18(2)9-10-22-30(6,44-22)26-25(39-7)20(11-12-31(26)17-42-31)43-28(38)33-24(36)16-45-15-19(27(37)40-8)32-23(35)14-41-13-21(34)29(3,4)5/h9,19-20,22,25-26H,10-17H2,1-8H3,(H,32,35)(H,33,36,38)/t19-,20+,22+,25+,26+,30?,31-/m0/s1. The van der Waals surface area contributed by atoms with Gasteiger partial charge in [-0.15, -0.1) is 11.8 Å². The van der Waals surface area contributed by atoms with Gasteiger partial charge in [0.05, 0.1) is 31.5 Å². The molecule has 13 nitrogen and oxygen atoms in total. The van der Waals surface area contributed by atoms with Crippen LogP contribution in [0.1, 0.15) is 60.8 Å². The molecule has 0 radical (unpaired) electrons. The van der Waals surface area contributed by atoms with Gasteiger partial charge in [0.15, 0.2) is 5.78 Å². The Labute approximate surface area is 269 Å². The van der Waals surface area contributed by atoms with E-state index in [1.54, 1.807) is 27.9 Å². The summed E-state index contributed by atoms with van der Waals surface area (Å²) in [5.41, 5.74) is -0.264. The van der Waals surface area contributed by atoms with Crippen molar-refractivity contribution in [2.75, 3.05) is 45.5 Å². The number of epoxide rings is 2. The van der Waals surface area contributed by atoms with Crippen LogP contribution in [0.25, 0.3) is 0 Å². The third-order valence-electron chi connectivity index (χ3n) is 8.38. The lowest BCUT2D eigenvalue weighted by Crippen LogP contribution is -2.56. The highest BCUT2D eigenvalue weighted by molar-refractivity contribution is 8.00. The average Bonchev–Trinajstić information content (AvgIpc) is 3.87. The lowest BCUT2D eigenvalue weighted by molar-refractivity contribution is -0.145. The van der Waals surface area contributed by atoms with Gasteiger partial charge in [0, 0.05) is 18.3 Å². The third kappa shape index (κ3) is 9.98. The molecule has 0 aromatic carbocycles. The Morgan fingerprint density at radius 3 is 2.36 bits per heavy atom. The van der Waals surface area contributed by atoms with Crippen molar-refractivity contribution in [1.29, 1.82) is 0 Å². The van der Waals surface area contributed by atoms with Gasteiger partial charge in [-0.05, 0) is 40.0 Å². The second-order valence-corrected chi connectivity index (χ2v) is 14.2. The molecule has 0 aromatic rings.